The maximum atomic E-state index is 5.39. The molecule has 0 aliphatic heterocycles. The van der Waals surface area contributed by atoms with Gasteiger partial charge in [-0.2, -0.15) is 0 Å². The quantitative estimate of drug-likeness (QED) is 0.135. The maximum absolute atomic E-state index is 5.39. The Morgan fingerprint density at radius 1 is 0.181 bits per heavy atom. The van der Waals surface area contributed by atoms with Crippen molar-refractivity contribution in [1.82, 2.24) is 48.2 Å². The fraction of sp³-hybridized carbons (Fsp3) is 0.0870. The van der Waals surface area contributed by atoms with E-state index in [4.69, 9.17) is 29.9 Å². The van der Waals surface area contributed by atoms with Crippen LogP contribution < -0.4 is 0 Å². The summed E-state index contributed by atoms with van der Waals surface area (Å²) in [5.41, 5.74) is 42.1. The third kappa shape index (κ3) is 13.1. The Morgan fingerprint density at radius 2 is 0.456 bits per heavy atom. The van der Waals surface area contributed by atoms with E-state index in [1.54, 1.807) is 0 Å². The Bertz CT molecular complexity index is 10300. The number of fused-ring (bicyclic) bond motifs is 30. The van der Waals surface area contributed by atoms with E-state index in [1.807, 2.05) is 11.3 Å². The molecule has 4 aliphatic carbocycles. The number of benzene rings is 19. The molecule has 706 valence electrons. The first-order chi connectivity index (χ1) is 73.0. The molecule has 27 aromatic rings. The van der Waals surface area contributed by atoms with Gasteiger partial charge in [-0.15, -0.1) is 11.3 Å². The van der Waals surface area contributed by atoms with Gasteiger partial charge in [0, 0.05) is 174 Å². The van der Waals surface area contributed by atoms with Crippen molar-refractivity contribution in [2.24, 2.45) is 0 Å². The van der Waals surface area contributed by atoms with Crippen LogP contribution in [0, 0.1) is 0 Å². The molecule has 0 saturated heterocycles. The predicted molar refractivity (Wildman–Crippen MR) is 619 cm³/mol. The van der Waals surface area contributed by atoms with Gasteiger partial charge in [-0.25, -0.2) is 29.9 Å². The number of hydrogen-bond acceptors (Lipinski definition) is 7. The van der Waals surface area contributed by atoms with Crippen molar-refractivity contribution in [3.8, 4) is 136 Å². The molecule has 11 heteroatoms. The fourth-order valence-electron chi connectivity index (χ4n) is 25.7. The molecule has 0 atom stereocenters. The van der Waals surface area contributed by atoms with Gasteiger partial charge in [0.1, 0.15) is 0 Å². The van der Waals surface area contributed by atoms with Crippen molar-refractivity contribution in [3.63, 3.8) is 0 Å². The van der Waals surface area contributed by atoms with Crippen molar-refractivity contribution >= 4 is 119 Å². The molecule has 0 fully saturated rings. The first kappa shape index (κ1) is 87.4. The second-order valence-electron chi connectivity index (χ2n) is 42.2. The standard InChI is InChI=1S/C49H34N4.C46H35N3.C43H29N3S/c1-49(2)38-25-12-9-22-35(38)47-45(49)46(31-16-5-3-6-17-31)50-48(51-47)32-18-15-21-34(30-32)53-40-27-14-11-24-37(40)44-42(53)29-28-41-43(44)36-23-10-13-26-39(36)52(41)33-19-7-4-8-20-33;1-45(2)34-22-11-8-19-31(34)39-36(45)25-26-38-40(39)33-21-10-13-24-37(33)49(38)30-18-14-17-29(27-30)44-47-42(28-15-6-5-7-16-28)41-43(48-44)32-20-9-12-23-35(32)46(41,3)4;1-43(2)32-20-9-6-17-29(32)41-39(43)40(26-13-4-3-5-14-26)44-42(45-41)27-15-12-16-28(25-27)46-33-21-10-7-18-30(33)37-34(46)23-24-36-38(37)31-19-8-11-22-35(31)47-36/h3-30H,1-2H3;5-27H,1-4H3;3-25H,1-2H3. The monoisotopic (exact) mass is 1930 g/mol. The molecule has 19 aromatic carbocycles. The van der Waals surface area contributed by atoms with E-state index in [1.165, 1.54) is 180 Å². The molecule has 8 heterocycles. The van der Waals surface area contributed by atoms with Gasteiger partial charge >= 0.3 is 0 Å². The lowest BCUT2D eigenvalue weighted by molar-refractivity contribution is 0.657. The second kappa shape index (κ2) is 33.2. The molecular formula is C138H98N10S. The molecule has 0 N–H and O–H groups in total. The van der Waals surface area contributed by atoms with E-state index >= 15 is 0 Å². The predicted octanol–water partition coefficient (Wildman–Crippen LogP) is 35.4. The summed E-state index contributed by atoms with van der Waals surface area (Å²) in [6.07, 6.45) is 0. The Labute approximate surface area is 866 Å². The summed E-state index contributed by atoms with van der Waals surface area (Å²) in [7, 11) is 0. The number of hydrogen-bond donors (Lipinski definition) is 0. The van der Waals surface area contributed by atoms with Crippen LogP contribution in [-0.4, -0.2) is 48.2 Å². The van der Waals surface area contributed by atoms with Gasteiger partial charge in [0.15, 0.2) is 17.5 Å². The molecule has 149 heavy (non-hydrogen) atoms. The van der Waals surface area contributed by atoms with Crippen LogP contribution in [0.2, 0.25) is 0 Å². The fourth-order valence-corrected chi connectivity index (χ4v) is 26.9. The summed E-state index contributed by atoms with van der Waals surface area (Å²) < 4.78 is 12.3. The number of rotatable bonds is 10. The van der Waals surface area contributed by atoms with E-state index in [9.17, 15) is 0 Å². The minimum absolute atomic E-state index is 0.0577. The molecular weight excluding hydrogens is 1830 g/mol. The van der Waals surface area contributed by atoms with Crippen LogP contribution in [0.3, 0.4) is 0 Å². The number of thiophene rings is 1. The van der Waals surface area contributed by atoms with Crippen molar-refractivity contribution in [3.05, 3.63) is 493 Å². The third-order valence-electron chi connectivity index (χ3n) is 32.4. The molecule has 0 saturated carbocycles. The van der Waals surface area contributed by atoms with Crippen LogP contribution in [0.25, 0.3) is 243 Å². The molecule has 0 amide bonds. The molecule has 0 unspecified atom stereocenters. The molecule has 10 nitrogen and oxygen atoms in total. The summed E-state index contributed by atoms with van der Waals surface area (Å²) in [6, 6.07) is 161. The Morgan fingerprint density at radius 3 is 0.852 bits per heavy atom. The average molecular weight is 1930 g/mol. The minimum Gasteiger partial charge on any atom is -0.309 e. The van der Waals surface area contributed by atoms with Crippen LogP contribution in [0.15, 0.2) is 449 Å². The molecule has 31 rings (SSSR count). The van der Waals surface area contributed by atoms with E-state index in [0.717, 1.165) is 108 Å². The van der Waals surface area contributed by atoms with Gasteiger partial charge in [0.05, 0.1) is 78.3 Å². The number of para-hydroxylation sites is 5. The van der Waals surface area contributed by atoms with Crippen LogP contribution in [-0.2, 0) is 21.7 Å². The maximum Gasteiger partial charge on any atom is 0.160 e. The van der Waals surface area contributed by atoms with Gasteiger partial charge < -0.3 is 18.3 Å². The zero-order valence-electron chi connectivity index (χ0n) is 83.6. The summed E-state index contributed by atoms with van der Waals surface area (Å²) >= 11 is 1.87. The summed E-state index contributed by atoms with van der Waals surface area (Å²) in [6.45, 7) is 18.5. The van der Waals surface area contributed by atoms with Gasteiger partial charge in [-0.05, 0) is 148 Å². The Hall–Kier alpha value is -18.2. The highest BCUT2D eigenvalue weighted by Crippen LogP contribution is 2.59. The van der Waals surface area contributed by atoms with E-state index in [-0.39, 0.29) is 21.7 Å². The SMILES string of the molecule is CC1(C)c2ccccc2-c2c1ccc1c2c2ccccc2n1-c1cccc(-c2nc(-c3ccccc3)c3c(n2)-c2ccccc2C3(C)C)c1.CC1(C)c2ccccc2-c2nc(-c3cccc(-n4c5ccccc5c5c6c(ccc54)sc4ccccc46)c3)nc(-c3ccccc3)c21.CC1(C)c2ccccc2-c2nc(-c3cccc(-n4c5ccccc5c5c6c7ccccc7n(-c7ccccc7)c6ccc54)c3)nc(-c3ccccc3)c21. The normalized spacial score (nSPS) is 13.9. The Balaban J connectivity index is 0.000000105. The number of aromatic nitrogens is 10. The largest absolute Gasteiger partial charge is 0.309 e. The van der Waals surface area contributed by atoms with E-state index in [0.29, 0.717) is 0 Å². The zero-order chi connectivity index (χ0) is 99.6. The number of nitrogens with zero attached hydrogens (tertiary/aromatic N) is 10. The van der Waals surface area contributed by atoms with Crippen molar-refractivity contribution < 1.29 is 0 Å². The van der Waals surface area contributed by atoms with E-state index < -0.39 is 0 Å². The van der Waals surface area contributed by atoms with Gasteiger partial charge in [-0.1, -0.05) is 395 Å². The van der Waals surface area contributed by atoms with Gasteiger partial charge in [0.25, 0.3) is 0 Å². The molecule has 4 aliphatic rings. The minimum atomic E-state index is -0.227. The lowest BCUT2D eigenvalue weighted by Gasteiger charge is -2.23. The molecule has 0 bridgehead atoms. The van der Waals surface area contributed by atoms with Crippen LogP contribution in [0.1, 0.15) is 99.9 Å². The first-order valence-corrected chi connectivity index (χ1v) is 52.4. The summed E-state index contributed by atoms with van der Waals surface area (Å²) in [5, 5.41) is 12.8. The van der Waals surface area contributed by atoms with Crippen molar-refractivity contribution in [2.75, 3.05) is 0 Å². The second-order valence-corrected chi connectivity index (χ2v) is 43.3. The highest BCUT2D eigenvalue weighted by Gasteiger charge is 2.45. The lowest BCUT2D eigenvalue weighted by atomic mass is 9.81. The van der Waals surface area contributed by atoms with Crippen molar-refractivity contribution in [2.45, 2.75) is 77.0 Å². The summed E-state index contributed by atoms with van der Waals surface area (Å²) in [4.78, 5) is 32.2. The average Bonchev–Trinajstić information content (AvgIpc) is 1.54. The van der Waals surface area contributed by atoms with Crippen LogP contribution in [0.5, 0.6) is 0 Å². The van der Waals surface area contributed by atoms with Crippen LogP contribution >= 0.6 is 11.3 Å². The lowest BCUT2D eigenvalue weighted by Crippen LogP contribution is -2.17. The zero-order valence-corrected chi connectivity index (χ0v) is 84.4. The van der Waals surface area contributed by atoms with E-state index in [2.05, 4.69) is 523 Å². The highest BCUT2D eigenvalue weighted by atomic mass is 32.1. The highest BCUT2D eigenvalue weighted by molar-refractivity contribution is 7.26. The van der Waals surface area contributed by atoms with Crippen molar-refractivity contribution in [1.29, 1.82) is 0 Å². The summed E-state index contributed by atoms with van der Waals surface area (Å²) in [5.74, 6) is 2.21. The first-order valence-electron chi connectivity index (χ1n) is 51.6. The van der Waals surface area contributed by atoms with Gasteiger partial charge in [0.2, 0.25) is 0 Å². The topological polar surface area (TPSA) is 97.1 Å². The molecule has 0 radical (unpaired) electrons. The Kier molecular flexibility index (Phi) is 19.5. The van der Waals surface area contributed by atoms with Crippen LogP contribution in [0.4, 0.5) is 0 Å². The molecule has 8 aromatic heterocycles. The molecule has 0 spiro atoms. The smallest absolute Gasteiger partial charge is 0.160 e. The third-order valence-corrected chi connectivity index (χ3v) is 33.6. The van der Waals surface area contributed by atoms with Gasteiger partial charge in [-0.3, -0.25) is 0 Å².